The number of carbonyl (C=O) groups is 2. The number of primary amides is 1. The number of rotatable bonds is 3. The quantitative estimate of drug-likeness (QED) is 0.874. The van der Waals surface area contributed by atoms with Gasteiger partial charge in [-0.15, -0.1) is 0 Å². The number of aromatic nitrogens is 1. The zero-order valence-electron chi connectivity index (χ0n) is 12.7. The third-order valence-electron chi connectivity index (χ3n) is 3.89. The highest BCUT2D eigenvalue weighted by Crippen LogP contribution is 2.16. The normalized spacial score (nSPS) is 19.8. The van der Waals surface area contributed by atoms with Gasteiger partial charge in [-0.2, -0.15) is 0 Å². The van der Waals surface area contributed by atoms with Gasteiger partial charge in [-0.25, -0.2) is 0 Å². The van der Waals surface area contributed by atoms with Crippen molar-refractivity contribution in [1.29, 1.82) is 0 Å². The van der Waals surface area contributed by atoms with Crippen molar-refractivity contribution in [3.8, 4) is 0 Å². The number of amides is 2. The van der Waals surface area contributed by atoms with E-state index in [9.17, 15) is 9.59 Å². The van der Waals surface area contributed by atoms with Crippen LogP contribution in [0, 0.1) is 6.92 Å². The maximum Gasteiger partial charge on any atom is 0.256 e. The largest absolute Gasteiger partial charge is 0.368 e. The molecular formula is C15H22N4O2. The average Bonchev–Trinajstić information content (AvgIpc) is 2.46. The Morgan fingerprint density at radius 1 is 1.33 bits per heavy atom. The number of hydrogen-bond acceptors (Lipinski definition) is 4. The maximum atomic E-state index is 12.6. The summed E-state index contributed by atoms with van der Waals surface area (Å²) in [6, 6.07) is 3.26. The Bertz CT molecular complexity index is 527. The molecule has 114 valence electrons. The maximum absolute atomic E-state index is 12.6. The van der Waals surface area contributed by atoms with Gasteiger partial charge in [0.25, 0.3) is 5.91 Å². The van der Waals surface area contributed by atoms with E-state index in [0.717, 1.165) is 12.2 Å². The first kappa shape index (κ1) is 15.4. The minimum atomic E-state index is -0.588. The second-order valence-corrected chi connectivity index (χ2v) is 5.69. The molecule has 6 nitrogen and oxygen atoms in total. The summed E-state index contributed by atoms with van der Waals surface area (Å²) in [5.41, 5.74) is 6.83. The fourth-order valence-corrected chi connectivity index (χ4v) is 2.52. The Morgan fingerprint density at radius 2 is 2.05 bits per heavy atom. The molecule has 0 radical (unpaired) electrons. The van der Waals surface area contributed by atoms with E-state index in [1.807, 2.05) is 6.92 Å². The van der Waals surface area contributed by atoms with E-state index >= 15 is 0 Å². The summed E-state index contributed by atoms with van der Waals surface area (Å²) in [5.74, 6) is -0.650. The van der Waals surface area contributed by atoms with Crippen LogP contribution >= 0.6 is 0 Å². The molecule has 6 heteroatoms. The Morgan fingerprint density at radius 3 is 2.57 bits per heavy atom. The van der Waals surface area contributed by atoms with E-state index in [0.29, 0.717) is 24.7 Å². The molecule has 0 bridgehead atoms. The highest BCUT2D eigenvalue weighted by Gasteiger charge is 2.35. The number of piperazine rings is 1. The van der Waals surface area contributed by atoms with Crippen molar-refractivity contribution in [2.24, 2.45) is 5.73 Å². The number of carbonyl (C=O) groups excluding carboxylic acids is 2. The number of nitrogens with two attached hydrogens (primary N) is 1. The zero-order valence-corrected chi connectivity index (χ0v) is 12.7. The Kier molecular flexibility index (Phi) is 4.57. The minimum absolute atomic E-state index is 0.185. The van der Waals surface area contributed by atoms with E-state index in [4.69, 9.17) is 5.73 Å². The summed E-state index contributed by atoms with van der Waals surface area (Å²) in [5, 5.41) is 0. The van der Waals surface area contributed by atoms with Gasteiger partial charge in [-0.1, -0.05) is 0 Å². The second-order valence-electron chi connectivity index (χ2n) is 5.69. The van der Waals surface area contributed by atoms with E-state index in [2.05, 4.69) is 23.7 Å². The summed E-state index contributed by atoms with van der Waals surface area (Å²) in [6.45, 7) is 7.73. The summed E-state index contributed by atoms with van der Waals surface area (Å²) in [4.78, 5) is 32.1. The molecule has 2 N–H and O–H groups in total. The van der Waals surface area contributed by atoms with Crippen LogP contribution in [0.1, 0.15) is 29.9 Å². The first-order chi connectivity index (χ1) is 9.90. The molecule has 0 aromatic carbocycles. The van der Waals surface area contributed by atoms with Gasteiger partial charge >= 0.3 is 0 Å². The van der Waals surface area contributed by atoms with Crippen LogP contribution in [-0.2, 0) is 4.79 Å². The number of aryl methyl sites for hydroxylation is 1. The molecular weight excluding hydrogens is 268 g/mol. The number of hydrogen-bond donors (Lipinski definition) is 1. The monoisotopic (exact) mass is 290 g/mol. The predicted molar refractivity (Wildman–Crippen MR) is 79.7 cm³/mol. The van der Waals surface area contributed by atoms with E-state index < -0.39 is 11.9 Å². The molecule has 2 rings (SSSR count). The molecule has 1 aliphatic heterocycles. The van der Waals surface area contributed by atoms with Crippen molar-refractivity contribution in [2.75, 3.05) is 19.6 Å². The molecule has 0 saturated carbocycles. The van der Waals surface area contributed by atoms with Crippen molar-refractivity contribution in [3.63, 3.8) is 0 Å². The summed E-state index contributed by atoms with van der Waals surface area (Å²) >= 11 is 0. The highest BCUT2D eigenvalue weighted by molar-refractivity contribution is 5.97. The fraction of sp³-hybridized carbons (Fsp3) is 0.533. The SMILES string of the molecule is Cc1ccc(C(=O)N2CCN(C(C)C)C[C@H]2C(N)=O)cn1. The van der Waals surface area contributed by atoms with Crippen LogP contribution in [0.3, 0.4) is 0 Å². The third kappa shape index (κ3) is 3.39. The van der Waals surface area contributed by atoms with Gasteiger partial charge in [-0.05, 0) is 32.9 Å². The van der Waals surface area contributed by atoms with Crippen LogP contribution in [0.15, 0.2) is 18.3 Å². The van der Waals surface area contributed by atoms with Crippen molar-refractivity contribution < 1.29 is 9.59 Å². The summed E-state index contributed by atoms with van der Waals surface area (Å²) in [6.07, 6.45) is 1.55. The van der Waals surface area contributed by atoms with Crippen LogP contribution in [0.5, 0.6) is 0 Å². The first-order valence-corrected chi connectivity index (χ1v) is 7.17. The van der Waals surface area contributed by atoms with Gasteiger partial charge in [0.2, 0.25) is 5.91 Å². The molecule has 1 atom stereocenters. The number of pyridine rings is 1. The van der Waals surface area contributed by atoms with Crippen LogP contribution in [-0.4, -0.2) is 58.3 Å². The fourth-order valence-electron chi connectivity index (χ4n) is 2.52. The lowest BCUT2D eigenvalue weighted by Crippen LogP contribution is -2.61. The summed E-state index contributed by atoms with van der Waals surface area (Å²) in [7, 11) is 0. The lowest BCUT2D eigenvalue weighted by molar-refractivity contribution is -0.124. The van der Waals surface area contributed by atoms with Gasteiger partial charge in [0.15, 0.2) is 0 Å². The van der Waals surface area contributed by atoms with E-state index in [-0.39, 0.29) is 5.91 Å². The molecule has 1 saturated heterocycles. The molecule has 1 fully saturated rings. The molecule has 2 heterocycles. The van der Waals surface area contributed by atoms with Gasteiger partial charge in [0, 0.05) is 37.6 Å². The molecule has 1 aliphatic rings. The van der Waals surface area contributed by atoms with Crippen molar-refractivity contribution in [3.05, 3.63) is 29.6 Å². The van der Waals surface area contributed by atoms with E-state index in [1.54, 1.807) is 23.2 Å². The molecule has 21 heavy (non-hydrogen) atoms. The molecule has 0 spiro atoms. The molecule has 0 unspecified atom stereocenters. The first-order valence-electron chi connectivity index (χ1n) is 7.17. The topological polar surface area (TPSA) is 79.5 Å². The highest BCUT2D eigenvalue weighted by atomic mass is 16.2. The average molecular weight is 290 g/mol. The standard InChI is InChI=1S/C15H22N4O2/c1-10(2)18-6-7-19(13(9-18)14(16)20)15(21)12-5-4-11(3)17-8-12/h4-5,8,10,13H,6-7,9H2,1-3H3,(H2,16,20)/t13-/m0/s1. The van der Waals surface area contributed by atoms with Gasteiger partial charge in [0.05, 0.1) is 5.56 Å². The van der Waals surface area contributed by atoms with Gasteiger partial charge in [0.1, 0.15) is 6.04 Å². The Labute approximate surface area is 124 Å². The zero-order chi connectivity index (χ0) is 15.6. The van der Waals surface area contributed by atoms with Gasteiger partial charge in [-0.3, -0.25) is 19.5 Å². The molecule has 1 aromatic heterocycles. The summed E-state index contributed by atoms with van der Waals surface area (Å²) < 4.78 is 0. The lowest BCUT2D eigenvalue weighted by Gasteiger charge is -2.41. The molecule has 1 aromatic rings. The third-order valence-corrected chi connectivity index (χ3v) is 3.89. The predicted octanol–water partition coefficient (Wildman–Crippen LogP) is 0.410. The smallest absolute Gasteiger partial charge is 0.256 e. The molecule has 2 amide bonds. The van der Waals surface area contributed by atoms with Crippen LogP contribution in [0.25, 0.3) is 0 Å². The molecule has 0 aliphatic carbocycles. The van der Waals surface area contributed by atoms with Crippen molar-refractivity contribution in [1.82, 2.24) is 14.8 Å². The van der Waals surface area contributed by atoms with Crippen molar-refractivity contribution in [2.45, 2.75) is 32.9 Å². The van der Waals surface area contributed by atoms with Crippen LogP contribution < -0.4 is 5.73 Å². The Balaban J connectivity index is 2.19. The van der Waals surface area contributed by atoms with Crippen LogP contribution in [0.4, 0.5) is 0 Å². The minimum Gasteiger partial charge on any atom is -0.368 e. The lowest BCUT2D eigenvalue weighted by atomic mass is 10.1. The number of nitrogens with zero attached hydrogens (tertiary/aromatic N) is 3. The Hall–Kier alpha value is -1.95. The van der Waals surface area contributed by atoms with Crippen molar-refractivity contribution >= 4 is 11.8 Å². The second kappa shape index (κ2) is 6.22. The van der Waals surface area contributed by atoms with Crippen LogP contribution in [0.2, 0.25) is 0 Å². The van der Waals surface area contributed by atoms with E-state index in [1.165, 1.54) is 0 Å². The van der Waals surface area contributed by atoms with Gasteiger partial charge < -0.3 is 10.6 Å².